The summed E-state index contributed by atoms with van der Waals surface area (Å²) in [6, 6.07) is 5.39. The Morgan fingerprint density at radius 1 is 1.57 bits per heavy atom. The molecule has 0 spiro atoms. The van der Waals surface area contributed by atoms with Crippen LogP contribution in [0.5, 0.6) is 0 Å². The molecule has 14 heavy (non-hydrogen) atoms. The van der Waals surface area contributed by atoms with Crippen molar-refractivity contribution < 1.29 is 4.79 Å². The lowest BCUT2D eigenvalue weighted by Gasteiger charge is -2.08. The molecule has 1 heterocycles. The van der Waals surface area contributed by atoms with Crippen LogP contribution in [-0.2, 0) is 4.79 Å². The summed E-state index contributed by atoms with van der Waals surface area (Å²) in [5.74, 6) is 0.514. The zero-order valence-corrected chi connectivity index (χ0v) is 10.6. The minimum atomic E-state index is -0.177. The van der Waals surface area contributed by atoms with E-state index in [0.717, 1.165) is 11.8 Å². The second-order valence-corrected chi connectivity index (χ2v) is 4.55. The van der Waals surface area contributed by atoms with Crippen LogP contribution in [0.15, 0.2) is 24.4 Å². The normalized spacial score (nSPS) is 12.1. The van der Waals surface area contributed by atoms with Crippen LogP contribution >= 0.6 is 31.9 Å². The molecule has 0 aromatic carbocycles. The van der Waals surface area contributed by atoms with Crippen molar-refractivity contribution in [2.24, 2.45) is 0 Å². The van der Waals surface area contributed by atoms with Gasteiger partial charge in [0.1, 0.15) is 5.82 Å². The minimum absolute atomic E-state index is 0.0665. The third kappa shape index (κ3) is 3.75. The largest absolute Gasteiger partial charge is 0.310 e. The maximum absolute atomic E-state index is 11.5. The van der Waals surface area contributed by atoms with Crippen LogP contribution in [-0.4, -0.2) is 21.0 Å². The molecule has 0 fully saturated rings. The van der Waals surface area contributed by atoms with E-state index in [0.29, 0.717) is 5.82 Å². The molecule has 1 atom stereocenters. The number of nitrogens with zero attached hydrogens (tertiary/aromatic N) is 1. The Kier molecular flexibility index (Phi) is 5.11. The SMILES string of the molecule is O=C(Nc1ccccn1)C(Br)CCBr. The molecule has 1 unspecified atom stereocenters. The number of halogens is 2. The maximum Gasteiger partial charge on any atom is 0.239 e. The summed E-state index contributed by atoms with van der Waals surface area (Å²) >= 11 is 6.57. The zero-order valence-electron chi connectivity index (χ0n) is 7.41. The number of hydrogen-bond donors (Lipinski definition) is 1. The zero-order chi connectivity index (χ0) is 10.4. The average Bonchev–Trinajstić information content (AvgIpc) is 2.19. The Labute approximate surface area is 99.6 Å². The van der Waals surface area contributed by atoms with Gasteiger partial charge in [0.25, 0.3) is 0 Å². The summed E-state index contributed by atoms with van der Waals surface area (Å²) in [6.45, 7) is 0. The summed E-state index contributed by atoms with van der Waals surface area (Å²) < 4.78 is 0. The van der Waals surface area contributed by atoms with E-state index in [2.05, 4.69) is 42.2 Å². The summed E-state index contributed by atoms with van der Waals surface area (Å²) in [6.07, 6.45) is 2.39. The number of anilines is 1. The van der Waals surface area contributed by atoms with E-state index in [1.165, 1.54) is 0 Å². The number of nitrogens with one attached hydrogen (secondary N) is 1. The van der Waals surface area contributed by atoms with E-state index in [1.807, 2.05) is 6.07 Å². The molecule has 0 saturated heterocycles. The Bertz CT molecular complexity index is 292. The van der Waals surface area contributed by atoms with Gasteiger partial charge in [0.2, 0.25) is 5.91 Å². The maximum atomic E-state index is 11.5. The third-order valence-corrected chi connectivity index (χ3v) is 2.89. The van der Waals surface area contributed by atoms with E-state index in [9.17, 15) is 4.79 Å². The summed E-state index contributed by atoms with van der Waals surface area (Å²) in [5.41, 5.74) is 0. The Morgan fingerprint density at radius 3 is 2.93 bits per heavy atom. The van der Waals surface area contributed by atoms with Crippen molar-refractivity contribution in [3.63, 3.8) is 0 Å². The molecule has 0 aliphatic heterocycles. The average molecular weight is 322 g/mol. The van der Waals surface area contributed by atoms with Gasteiger partial charge in [-0.05, 0) is 18.6 Å². The number of pyridine rings is 1. The molecule has 76 valence electrons. The van der Waals surface area contributed by atoms with Gasteiger partial charge in [0.15, 0.2) is 0 Å². The summed E-state index contributed by atoms with van der Waals surface area (Å²) in [4.78, 5) is 15.3. The smallest absolute Gasteiger partial charge is 0.239 e. The molecule has 5 heteroatoms. The summed E-state index contributed by atoms with van der Waals surface area (Å²) in [5, 5.41) is 3.50. The van der Waals surface area contributed by atoms with Gasteiger partial charge in [-0.2, -0.15) is 0 Å². The van der Waals surface area contributed by atoms with Gasteiger partial charge in [-0.15, -0.1) is 0 Å². The first-order chi connectivity index (χ1) is 6.74. The second kappa shape index (κ2) is 6.14. The van der Waals surface area contributed by atoms with Gasteiger partial charge in [0.05, 0.1) is 4.83 Å². The Morgan fingerprint density at radius 2 is 2.36 bits per heavy atom. The topological polar surface area (TPSA) is 42.0 Å². The molecule has 3 nitrogen and oxygen atoms in total. The quantitative estimate of drug-likeness (QED) is 0.866. The molecule has 0 aliphatic carbocycles. The van der Waals surface area contributed by atoms with E-state index in [4.69, 9.17) is 0 Å². The molecule has 0 bridgehead atoms. The predicted molar refractivity (Wildman–Crippen MR) is 64.0 cm³/mol. The van der Waals surface area contributed by atoms with Crippen molar-refractivity contribution >= 4 is 43.6 Å². The van der Waals surface area contributed by atoms with Gasteiger partial charge in [-0.1, -0.05) is 37.9 Å². The van der Waals surface area contributed by atoms with Crippen LogP contribution in [0.4, 0.5) is 5.82 Å². The fourth-order valence-electron chi connectivity index (χ4n) is 0.868. The van der Waals surface area contributed by atoms with E-state index >= 15 is 0 Å². The van der Waals surface area contributed by atoms with Crippen LogP contribution in [0.1, 0.15) is 6.42 Å². The number of alkyl halides is 2. The van der Waals surface area contributed by atoms with Gasteiger partial charge < -0.3 is 5.32 Å². The number of aromatic nitrogens is 1. The molecule has 1 N–H and O–H groups in total. The molecule has 0 radical (unpaired) electrons. The number of carbonyl (C=O) groups is 1. The first-order valence-corrected chi connectivity index (χ1v) is 6.19. The molecule has 0 aliphatic rings. The van der Waals surface area contributed by atoms with Crippen LogP contribution in [0.25, 0.3) is 0 Å². The number of rotatable bonds is 4. The van der Waals surface area contributed by atoms with Crippen molar-refractivity contribution in [1.29, 1.82) is 0 Å². The third-order valence-electron chi connectivity index (χ3n) is 1.56. The lowest BCUT2D eigenvalue weighted by Crippen LogP contribution is -2.23. The molecule has 1 aromatic rings. The van der Waals surface area contributed by atoms with Crippen molar-refractivity contribution in [3.05, 3.63) is 24.4 Å². The second-order valence-electron chi connectivity index (χ2n) is 2.65. The number of amides is 1. The van der Waals surface area contributed by atoms with Crippen molar-refractivity contribution in [1.82, 2.24) is 4.98 Å². The van der Waals surface area contributed by atoms with Gasteiger partial charge in [0, 0.05) is 11.5 Å². The van der Waals surface area contributed by atoms with Crippen molar-refractivity contribution in [3.8, 4) is 0 Å². The highest BCUT2D eigenvalue weighted by Gasteiger charge is 2.13. The monoisotopic (exact) mass is 320 g/mol. The van der Waals surface area contributed by atoms with Gasteiger partial charge >= 0.3 is 0 Å². The molecular formula is C9H10Br2N2O. The Hall–Kier alpha value is -0.420. The number of carbonyl (C=O) groups excluding carboxylic acids is 1. The number of hydrogen-bond acceptors (Lipinski definition) is 2. The fraction of sp³-hybridized carbons (Fsp3) is 0.333. The lowest BCUT2D eigenvalue weighted by atomic mass is 10.3. The molecule has 1 rings (SSSR count). The molecule has 0 saturated carbocycles. The first kappa shape index (κ1) is 11.7. The van der Waals surface area contributed by atoms with Gasteiger partial charge in [-0.25, -0.2) is 4.98 Å². The van der Waals surface area contributed by atoms with E-state index in [-0.39, 0.29) is 10.7 Å². The molecule has 1 amide bonds. The van der Waals surface area contributed by atoms with Crippen LogP contribution < -0.4 is 5.32 Å². The van der Waals surface area contributed by atoms with Crippen molar-refractivity contribution in [2.45, 2.75) is 11.2 Å². The van der Waals surface area contributed by atoms with Crippen molar-refractivity contribution in [2.75, 3.05) is 10.6 Å². The highest BCUT2D eigenvalue weighted by molar-refractivity contribution is 9.10. The van der Waals surface area contributed by atoms with Gasteiger partial charge in [-0.3, -0.25) is 4.79 Å². The van der Waals surface area contributed by atoms with Crippen LogP contribution in [0.2, 0.25) is 0 Å². The first-order valence-electron chi connectivity index (χ1n) is 4.16. The highest BCUT2D eigenvalue weighted by Crippen LogP contribution is 2.10. The molecule has 1 aromatic heterocycles. The highest BCUT2D eigenvalue weighted by atomic mass is 79.9. The minimum Gasteiger partial charge on any atom is -0.310 e. The van der Waals surface area contributed by atoms with Crippen LogP contribution in [0, 0.1) is 0 Å². The fourth-order valence-corrected chi connectivity index (χ4v) is 2.28. The van der Waals surface area contributed by atoms with Crippen LogP contribution in [0.3, 0.4) is 0 Å². The summed E-state index contributed by atoms with van der Waals surface area (Å²) in [7, 11) is 0. The molecular weight excluding hydrogens is 312 g/mol. The van der Waals surface area contributed by atoms with E-state index in [1.54, 1.807) is 18.3 Å². The predicted octanol–water partition coefficient (Wildman–Crippen LogP) is 2.57. The lowest BCUT2D eigenvalue weighted by molar-refractivity contribution is -0.115. The standard InChI is InChI=1S/C9H10Br2N2O/c10-5-4-7(11)9(14)13-8-3-1-2-6-12-8/h1-3,6-7H,4-5H2,(H,12,13,14). The van der Waals surface area contributed by atoms with E-state index < -0.39 is 0 Å². The Balaban J connectivity index is 2.49.